The van der Waals surface area contributed by atoms with Crippen molar-refractivity contribution >= 4 is 35.0 Å². The van der Waals surface area contributed by atoms with Crippen molar-refractivity contribution in [3.8, 4) is 5.69 Å². The van der Waals surface area contributed by atoms with E-state index in [2.05, 4.69) is 0 Å². The Labute approximate surface area is 175 Å². The number of hydrogen-bond acceptors (Lipinski definition) is 4. The Hall–Kier alpha value is -3.65. The van der Waals surface area contributed by atoms with Gasteiger partial charge in [-0.2, -0.15) is 0 Å². The van der Waals surface area contributed by atoms with Gasteiger partial charge in [-0.25, -0.2) is 9.18 Å². The lowest BCUT2D eigenvalue weighted by Gasteiger charge is -2.13. The molecule has 3 aromatic rings. The van der Waals surface area contributed by atoms with Crippen LogP contribution in [0.15, 0.2) is 71.8 Å². The Morgan fingerprint density at radius 2 is 1.87 bits per heavy atom. The number of carbonyl (C=O) groups excluding carboxylic acids is 2. The number of thioether (sulfide) groups is 1. The number of aromatic carboxylic acids is 1. The third-order valence-electron chi connectivity index (χ3n) is 4.59. The molecule has 150 valence electrons. The topological polar surface area (TPSA) is 79.6 Å². The summed E-state index contributed by atoms with van der Waals surface area (Å²) in [4.78, 5) is 37.6. The number of amides is 2. The summed E-state index contributed by atoms with van der Waals surface area (Å²) in [6.07, 6.45) is 3.30. The Balaban J connectivity index is 1.63. The number of rotatable bonds is 5. The van der Waals surface area contributed by atoms with E-state index in [0.717, 1.165) is 16.7 Å². The smallest absolute Gasteiger partial charge is 0.335 e. The molecule has 0 unspecified atom stereocenters. The monoisotopic (exact) mass is 422 g/mol. The van der Waals surface area contributed by atoms with E-state index < -0.39 is 22.9 Å². The number of hydrogen-bond donors (Lipinski definition) is 1. The van der Waals surface area contributed by atoms with E-state index in [1.807, 2.05) is 0 Å². The first-order valence-corrected chi connectivity index (χ1v) is 9.75. The molecule has 0 spiro atoms. The number of carboxylic acids is 1. The SMILES string of the molecule is O=C(O)c1cccc(-n2cccc2C=C2SC(=O)N(Cc3ccccc3F)C2=O)c1. The summed E-state index contributed by atoms with van der Waals surface area (Å²) >= 11 is 0.786. The maximum absolute atomic E-state index is 13.9. The highest BCUT2D eigenvalue weighted by Crippen LogP contribution is 2.34. The van der Waals surface area contributed by atoms with E-state index in [9.17, 15) is 23.9 Å². The molecule has 1 saturated heterocycles. The van der Waals surface area contributed by atoms with Crippen LogP contribution < -0.4 is 0 Å². The molecule has 4 rings (SSSR count). The third kappa shape index (κ3) is 3.77. The first kappa shape index (κ1) is 19.7. The molecule has 2 aromatic carbocycles. The Morgan fingerprint density at radius 3 is 2.63 bits per heavy atom. The van der Waals surface area contributed by atoms with Crippen LogP contribution in [0.5, 0.6) is 0 Å². The molecule has 2 amide bonds. The van der Waals surface area contributed by atoms with Gasteiger partial charge in [0.05, 0.1) is 17.0 Å². The van der Waals surface area contributed by atoms with Gasteiger partial charge in [0.15, 0.2) is 0 Å². The van der Waals surface area contributed by atoms with Gasteiger partial charge in [-0.15, -0.1) is 0 Å². The molecule has 0 atom stereocenters. The normalized spacial score (nSPS) is 15.2. The Morgan fingerprint density at radius 1 is 1.07 bits per heavy atom. The van der Waals surface area contributed by atoms with E-state index in [0.29, 0.717) is 11.4 Å². The maximum atomic E-state index is 13.9. The summed E-state index contributed by atoms with van der Waals surface area (Å²) in [6, 6.07) is 15.9. The minimum absolute atomic E-state index is 0.136. The summed E-state index contributed by atoms with van der Waals surface area (Å²) in [5.74, 6) is -2.02. The molecule has 1 aromatic heterocycles. The van der Waals surface area contributed by atoms with Gasteiger partial charge in [-0.3, -0.25) is 14.5 Å². The van der Waals surface area contributed by atoms with Crippen LogP contribution in [0.3, 0.4) is 0 Å². The first-order valence-electron chi connectivity index (χ1n) is 8.94. The van der Waals surface area contributed by atoms with E-state index >= 15 is 0 Å². The fourth-order valence-electron chi connectivity index (χ4n) is 3.10. The predicted octanol–water partition coefficient (Wildman–Crippen LogP) is 4.55. The molecule has 0 bridgehead atoms. The summed E-state index contributed by atoms with van der Waals surface area (Å²) in [5.41, 5.74) is 1.61. The fourth-order valence-corrected chi connectivity index (χ4v) is 3.93. The van der Waals surface area contributed by atoms with Gasteiger partial charge in [0, 0.05) is 23.1 Å². The highest BCUT2D eigenvalue weighted by atomic mass is 32.2. The molecular formula is C22H15FN2O4S. The van der Waals surface area contributed by atoms with Crippen molar-refractivity contribution in [2.24, 2.45) is 0 Å². The number of imide groups is 1. The second kappa shape index (κ2) is 8.00. The second-order valence-electron chi connectivity index (χ2n) is 6.52. The zero-order chi connectivity index (χ0) is 21.3. The van der Waals surface area contributed by atoms with Crippen LogP contribution >= 0.6 is 11.8 Å². The molecule has 1 aliphatic heterocycles. The second-order valence-corrected chi connectivity index (χ2v) is 7.51. The molecule has 8 heteroatoms. The average Bonchev–Trinajstić information content (AvgIpc) is 3.30. The van der Waals surface area contributed by atoms with E-state index in [4.69, 9.17) is 0 Å². The zero-order valence-electron chi connectivity index (χ0n) is 15.5. The molecule has 1 aliphatic rings. The number of carbonyl (C=O) groups is 3. The van der Waals surface area contributed by atoms with Crippen LogP contribution in [0.2, 0.25) is 0 Å². The van der Waals surface area contributed by atoms with Crippen molar-refractivity contribution in [3.63, 3.8) is 0 Å². The molecule has 6 nitrogen and oxygen atoms in total. The molecule has 1 N–H and O–H groups in total. The molecule has 0 radical (unpaired) electrons. The Kier molecular flexibility index (Phi) is 5.24. The van der Waals surface area contributed by atoms with Crippen molar-refractivity contribution in [3.05, 3.63) is 94.4 Å². The van der Waals surface area contributed by atoms with E-state index in [1.54, 1.807) is 53.2 Å². The minimum Gasteiger partial charge on any atom is -0.478 e. The lowest BCUT2D eigenvalue weighted by Crippen LogP contribution is -2.27. The van der Waals surface area contributed by atoms with Crippen molar-refractivity contribution in [2.45, 2.75) is 6.54 Å². The average molecular weight is 422 g/mol. The third-order valence-corrected chi connectivity index (χ3v) is 5.50. The Bertz CT molecular complexity index is 1200. The molecular weight excluding hydrogens is 407 g/mol. The summed E-state index contributed by atoms with van der Waals surface area (Å²) < 4.78 is 15.6. The molecule has 0 aliphatic carbocycles. The first-order chi connectivity index (χ1) is 14.4. The number of benzene rings is 2. The maximum Gasteiger partial charge on any atom is 0.335 e. The molecule has 2 heterocycles. The van der Waals surface area contributed by atoms with Gasteiger partial charge >= 0.3 is 5.97 Å². The highest BCUT2D eigenvalue weighted by molar-refractivity contribution is 8.18. The number of carboxylic acid groups (broad SMARTS) is 1. The van der Waals surface area contributed by atoms with Crippen molar-refractivity contribution in [1.82, 2.24) is 9.47 Å². The van der Waals surface area contributed by atoms with Gasteiger partial charge in [0.25, 0.3) is 11.1 Å². The number of halogens is 1. The summed E-state index contributed by atoms with van der Waals surface area (Å²) in [5, 5.41) is 8.73. The number of nitrogens with zero attached hydrogens (tertiary/aromatic N) is 2. The van der Waals surface area contributed by atoms with Crippen LogP contribution in [0.4, 0.5) is 9.18 Å². The highest BCUT2D eigenvalue weighted by Gasteiger charge is 2.35. The van der Waals surface area contributed by atoms with Crippen LogP contribution in [-0.4, -0.2) is 31.7 Å². The van der Waals surface area contributed by atoms with E-state index in [1.165, 1.54) is 24.3 Å². The van der Waals surface area contributed by atoms with Gasteiger partial charge < -0.3 is 9.67 Å². The van der Waals surface area contributed by atoms with Crippen LogP contribution in [-0.2, 0) is 11.3 Å². The van der Waals surface area contributed by atoms with Gasteiger partial charge in [0.1, 0.15) is 5.82 Å². The summed E-state index contributed by atoms with van der Waals surface area (Å²) in [6.45, 7) is -0.143. The van der Waals surface area contributed by atoms with Gasteiger partial charge in [-0.05, 0) is 54.2 Å². The largest absolute Gasteiger partial charge is 0.478 e. The van der Waals surface area contributed by atoms with Crippen LogP contribution in [0.25, 0.3) is 11.8 Å². The quantitative estimate of drug-likeness (QED) is 0.610. The molecule has 30 heavy (non-hydrogen) atoms. The lowest BCUT2D eigenvalue weighted by molar-refractivity contribution is -0.123. The van der Waals surface area contributed by atoms with Crippen LogP contribution in [0, 0.1) is 5.82 Å². The number of aromatic nitrogens is 1. The molecule has 1 fully saturated rings. The molecule has 0 saturated carbocycles. The predicted molar refractivity (Wildman–Crippen MR) is 111 cm³/mol. The van der Waals surface area contributed by atoms with Crippen molar-refractivity contribution in [1.29, 1.82) is 0 Å². The minimum atomic E-state index is -1.04. The van der Waals surface area contributed by atoms with Gasteiger partial charge in [-0.1, -0.05) is 24.3 Å². The van der Waals surface area contributed by atoms with Crippen molar-refractivity contribution < 1.29 is 23.9 Å². The van der Waals surface area contributed by atoms with Gasteiger partial charge in [0.2, 0.25) is 0 Å². The van der Waals surface area contributed by atoms with Crippen molar-refractivity contribution in [2.75, 3.05) is 0 Å². The zero-order valence-corrected chi connectivity index (χ0v) is 16.3. The fraction of sp³-hybridized carbons (Fsp3) is 0.0455. The van der Waals surface area contributed by atoms with Crippen LogP contribution in [0.1, 0.15) is 21.6 Å². The van der Waals surface area contributed by atoms with E-state index in [-0.39, 0.29) is 22.6 Å². The lowest BCUT2D eigenvalue weighted by atomic mass is 10.2. The standard InChI is InChI=1S/C22H15FN2O4S/c23-18-9-2-1-5-15(18)13-25-20(26)19(30-22(25)29)12-17-8-4-10-24(17)16-7-3-6-14(11-16)21(27)28/h1-12H,13H2,(H,27,28). The summed E-state index contributed by atoms with van der Waals surface area (Å²) in [7, 11) is 0.